The summed E-state index contributed by atoms with van der Waals surface area (Å²) < 4.78 is 2.38. The Kier molecular flexibility index (Phi) is 7.91. The van der Waals surface area contributed by atoms with Gasteiger partial charge >= 0.3 is 26.2 Å². The van der Waals surface area contributed by atoms with E-state index in [0.29, 0.717) is 0 Å². The zero-order valence-electron chi connectivity index (χ0n) is 17.4. The first-order chi connectivity index (χ1) is 13.1. The molecule has 0 amide bonds. The predicted molar refractivity (Wildman–Crippen MR) is 118 cm³/mol. The topological polar surface area (TPSA) is 4.93 Å². The van der Waals surface area contributed by atoms with Crippen molar-refractivity contribution in [2.45, 2.75) is 25.6 Å². The molecule has 151 valence electrons. The normalized spacial score (nSPS) is 16.8. The van der Waals surface area contributed by atoms with Gasteiger partial charge in [-0.25, -0.2) is 0 Å². The van der Waals surface area contributed by atoms with Crippen molar-refractivity contribution in [3.63, 3.8) is 0 Å². The summed E-state index contributed by atoms with van der Waals surface area (Å²) in [7, 11) is -1.17. The Bertz CT molecular complexity index is 1140. The third kappa shape index (κ3) is 3.75. The molecule has 3 aromatic carbocycles. The molecule has 1 radical (unpaired) electrons. The molecular weight excluding hydrogens is 504 g/mol. The monoisotopic (exact) mass is 526 g/mol. The van der Waals surface area contributed by atoms with E-state index in [1.54, 1.807) is 16.3 Å². The van der Waals surface area contributed by atoms with Crippen molar-refractivity contribution in [1.82, 2.24) is 4.57 Å². The van der Waals surface area contributed by atoms with Crippen molar-refractivity contribution in [2.24, 2.45) is 0 Å². The zero-order valence-corrected chi connectivity index (χ0v) is 22.3. The van der Waals surface area contributed by atoms with Gasteiger partial charge in [0.25, 0.3) is 0 Å². The number of hydrogen-bond acceptors (Lipinski definition) is 0. The van der Waals surface area contributed by atoms with Gasteiger partial charge in [-0.05, 0) is 35.9 Å². The Hall–Kier alpha value is -1.25. The van der Waals surface area contributed by atoms with Gasteiger partial charge in [-0.2, -0.15) is 17.5 Å². The summed E-state index contributed by atoms with van der Waals surface area (Å²) in [6.45, 7) is 7.35. The van der Waals surface area contributed by atoms with Crippen molar-refractivity contribution >= 4 is 24.0 Å². The Morgan fingerprint density at radius 2 is 1.53 bits per heavy atom. The number of aromatic nitrogens is 1. The molecule has 2 aliphatic heterocycles. The second kappa shape index (κ2) is 9.49. The van der Waals surface area contributed by atoms with Crippen LogP contribution in [0.5, 0.6) is 0 Å². The van der Waals surface area contributed by atoms with Crippen LogP contribution in [0.4, 0.5) is 0 Å². The van der Waals surface area contributed by atoms with Crippen molar-refractivity contribution in [1.29, 1.82) is 0 Å². The molecule has 0 fully saturated rings. The summed E-state index contributed by atoms with van der Waals surface area (Å²) in [5.74, 6) is 0. The van der Waals surface area contributed by atoms with Crippen molar-refractivity contribution in [2.75, 3.05) is 0 Å². The number of halogens is 2. The second-order valence-electron chi connectivity index (χ2n) is 8.19. The van der Waals surface area contributed by atoms with Gasteiger partial charge in [0, 0.05) is 23.1 Å². The van der Waals surface area contributed by atoms with E-state index in [4.69, 9.17) is 0 Å². The summed E-state index contributed by atoms with van der Waals surface area (Å²) in [6.07, 6.45) is 2.24. The molecule has 30 heavy (non-hydrogen) atoms. The maximum absolute atomic E-state index is 2.51. The van der Waals surface area contributed by atoms with E-state index in [-0.39, 0.29) is 51.0 Å². The standard InChI is InChI=1S/C16H17NSi.C9H7.2ClH.Zr/c1-11-15-13-9-10-17(12-7-5-4-6-8-12)14(13)16(11)18(15,2)3;1-2-5-9-7-3-6-8(9)4-1;;;/h4-10,15H,1-3H3;1-7H;2*1H;/q;-1;;;+3/p-2. The number of para-hydroxylation sites is 1. The first kappa shape index (κ1) is 25.0. The Morgan fingerprint density at radius 1 is 0.867 bits per heavy atom. The van der Waals surface area contributed by atoms with Gasteiger partial charge in [-0.15, -0.1) is 29.7 Å². The smallest absolute Gasteiger partial charge is 1.00 e. The molecular formula is C25H24Cl2NSiZr. The summed E-state index contributed by atoms with van der Waals surface area (Å²) in [5, 5.41) is 4.37. The first-order valence-electron chi connectivity index (χ1n) is 9.68. The van der Waals surface area contributed by atoms with E-state index >= 15 is 0 Å². The average molecular weight is 529 g/mol. The van der Waals surface area contributed by atoms with Crippen LogP contribution in [0.1, 0.15) is 23.7 Å². The zero-order chi connectivity index (χ0) is 18.6. The van der Waals surface area contributed by atoms with Crippen LogP contribution < -0.4 is 24.8 Å². The molecule has 2 bridgehead atoms. The molecule has 0 spiro atoms. The van der Waals surface area contributed by atoms with Crippen LogP contribution in [0.15, 0.2) is 90.6 Å². The van der Waals surface area contributed by atoms with Crippen LogP contribution in [0.25, 0.3) is 21.7 Å². The Labute approximate surface area is 211 Å². The van der Waals surface area contributed by atoms with Crippen LogP contribution in [0.2, 0.25) is 13.1 Å². The summed E-state index contributed by atoms with van der Waals surface area (Å²) >= 11 is 0. The molecule has 4 aromatic rings. The molecule has 0 N–H and O–H groups in total. The summed E-state index contributed by atoms with van der Waals surface area (Å²) in [5.41, 5.74) is 6.81. The molecule has 1 aromatic heterocycles. The van der Waals surface area contributed by atoms with Crippen LogP contribution in [0.3, 0.4) is 0 Å². The van der Waals surface area contributed by atoms with E-state index in [2.05, 4.69) is 110 Å². The molecule has 0 saturated carbocycles. The summed E-state index contributed by atoms with van der Waals surface area (Å²) in [4.78, 5) is 0. The Balaban J connectivity index is 0.000000230. The number of allylic oxidation sites excluding steroid dienone is 1. The molecule has 3 heterocycles. The van der Waals surface area contributed by atoms with Gasteiger partial charge in [0.05, 0.1) is 8.07 Å². The van der Waals surface area contributed by atoms with E-state index < -0.39 is 8.07 Å². The van der Waals surface area contributed by atoms with Crippen molar-refractivity contribution < 1.29 is 51.0 Å². The molecule has 1 unspecified atom stereocenters. The van der Waals surface area contributed by atoms with Crippen LogP contribution in [0, 0.1) is 0 Å². The molecule has 3 aliphatic rings. The van der Waals surface area contributed by atoms with Crippen LogP contribution in [-0.4, -0.2) is 12.6 Å². The van der Waals surface area contributed by atoms with E-state index in [0.717, 1.165) is 5.54 Å². The van der Waals surface area contributed by atoms with Gasteiger partial charge in [0.2, 0.25) is 0 Å². The minimum atomic E-state index is -1.17. The maximum atomic E-state index is 2.51. The van der Waals surface area contributed by atoms with E-state index in [1.165, 1.54) is 22.2 Å². The maximum Gasteiger partial charge on any atom is 3.00 e. The number of fused-ring (bicyclic) bond motifs is 1. The van der Waals surface area contributed by atoms with Gasteiger partial charge < -0.3 is 29.4 Å². The van der Waals surface area contributed by atoms with Crippen molar-refractivity contribution in [3.05, 3.63) is 102 Å². The minimum Gasteiger partial charge on any atom is -1.00 e. The fourth-order valence-electron chi connectivity index (χ4n) is 5.19. The molecule has 5 heteroatoms. The predicted octanol–water partition coefficient (Wildman–Crippen LogP) is 0.713. The van der Waals surface area contributed by atoms with Gasteiger partial charge in [-0.1, -0.05) is 42.9 Å². The number of rotatable bonds is 1. The van der Waals surface area contributed by atoms with Crippen molar-refractivity contribution in [3.8, 4) is 5.69 Å². The largest absolute Gasteiger partial charge is 3.00 e. The van der Waals surface area contributed by atoms with E-state index in [1.807, 2.05) is 0 Å². The fourth-order valence-corrected chi connectivity index (χ4v) is 9.53. The average Bonchev–Trinajstić information content (AvgIpc) is 3.40. The molecule has 1 nitrogen and oxygen atoms in total. The molecule has 1 aliphatic carbocycles. The quantitative estimate of drug-likeness (QED) is 0.254. The first-order valence-corrected chi connectivity index (χ1v) is 12.8. The Morgan fingerprint density at radius 3 is 2.20 bits per heavy atom. The minimum absolute atomic E-state index is 0. The van der Waals surface area contributed by atoms with Crippen LogP contribution in [-0.2, 0) is 26.2 Å². The van der Waals surface area contributed by atoms with E-state index in [9.17, 15) is 0 Å². The third-order valence-electron chi connectivity index (χ3n) is 6.24. The number of nitrogens with zero attached hydrogens (tertiary/aromatic N) is 1. The van der Waals surface area contributed by atoms with Gasteiger partial charge in [0.1, 0.15) is 0 Å². The van der Waals surface area contributed by atoms with Gasteiger partial charge in [0.15, 0.2) is 0 Å². The summed E-state index contributed by atoms with van der Waals surface area (Å²) in [6, 6.07) is 27.7. The molecule has 7 rings (SSSR count). The number of benzene rings is 2. The SMILES string of the molecule is CC1=C2c3c(ccn3-c3ccccc3)C1[Si]2(C)C.[Cl-].[Cl-].[Zr+3].c1ccc2[cH-]ccc2c1. The van der Waals surface area contributed by atoms with Crippen LogP contribution >= 0.6 is 0 Å². The third-order valence-corrected chi connectivity index (χ3v) is 10.3. The second-order valence-corrected chi connectivity index (χ2v) is 12.7. The molecule has 1 atom stereocenters. The van der Waals surface area contributed by atoms with Gasteiger partial charge in [-0.3, -0.25) is 0 Å². The fraction of sp³-hybridized carbons (Fsp3) is 0.160. The number of hydrogen-bond donors (Lipinski definition) is 0. The molecule has 0 saturated heterocycles.